The van der Waals surface area contributed by atoms with Crippen LogP contribution in [0.25, 0.3) is 0 Å². The Morgan fingerprint density at radius 2 is 1.65 bits per heavy atom. The molecule has 0 saturated heterocycles. The van der Waals surface area contributed by atoms with E-state index >= 15 is 0 Å². The number of hydrogen-bond donors (Lipinski definition) is 0. The van der Waals surface area contributed by atoms with Gasteiger partial charge in [0.05, 0.1) is 18.1 Å². The van der Waals surface area contributed by atoms with Crippen molar-refractivity contribution in [1.29, 1.82) is 0 Å². The summed E-state index contributed by atoms with van der Waals surface area (Å²) in [7, 11) is 0. The van der Waals surface area contributed by atoms with E-state index in [9.17, 15) is 31.5 Å². The van der Waals surface area contributed by atoms with Gasteiger partial charge in [-0.3, -0.25) is 4.79 Å². The van der Waals surface area contributed by atoms with Crippen LogP contribution in [0.3, 0.4) is 0 Å². The zero-order valence-corrected chi connectivity index (χ0v) is 12.8. The Morgan fingerprint density at radius 3 is 2.13 bits per heavy atom. The Morgan fingerprint density at radius 1 is 1.09 bits per heavy atom. The highest BCUT2D eigenvalue weighted by atomic mass is 19.4. The number of rotatable bonds is 9. The summed E-state index contributed by atoms with van der Waals surface area (Å²) >= 11 is 0. The molecule has 0 bridgehead atoms. The van der Waals surface area contributed by atoms with E-state index in [1.54, 1.807) is 13.8 Å². The molecule has 0 aliphatic heterocycles. The average Bonchev–Trinajstić information content (AvgIpc) is 2.37. The maximum absolute atomic E-state index is 13.0. The molecule has 0 saturated carbocycles. The lowest BCUT2D eigenvalue weighted by atomic mass is 10.1. The summed E-state index contributed by atoms with van der Waals surface area (Å²) in [5.41, 5.74) is -0.193. The molecule has 9 heteroatoms. The fraction of sp³-hybridized carbons (Fsp3) is 0.714. The Balaban J connectivity index is 4.02. The standard InChI is InChI=1S/C14H19F5O4/c1-9(2)11(20)23-7-10(3)12(21)22-6-4-5-13(15,16)8-14(17,18)19/h9H,3-8H2,1-2H3. The van der Waals surface area contributed by atoms with Gasteiger partial charge >= 0.3 is 18.1 Å². The van der Waals surface area contributed by atoms with E-state index < -0.39 is 62.4 Å². The lowest BCUT2D eigenvalue weighted by Crippen LogP contribution is -2.26. The van der Waals surface area contributed by atoms with Gasteiger partial charge in [-0.25, -0.2) is 13.6 Å². The highest BCUT2D eigenvalue weighted by molar-refractivity contribution is 5.88. The Bertz CT molecular complexity index is 429. The van der Waals surface area contributed by atoms with Crippen LogP contribution in [0.2, 0.25) is 0 Å². The van der Waals surface area contributed by atoms with E-state index in [-0.39, 0.29) is 5.57 Å². The van der Waals surface area contributed by atoms with E-state index in [4.69, 9.17) is 4.74 Å². The third kappa shape index (κ3) is 10.6. The van der Waals surface area contributed by atoms with Crippen LogP contribution in [0.1, 0.15) is 33.1 Å². The van der Waals surface area contributed by atoms with Gasteiger partial charge in [-0.15, -0.1) is 0 Å². The molecule has 0 fully saturated rings. The molecule has 0 aliphatic rings. The van der Waals surface area contributed by atoms with Crippen molar-refractivity contribution in [3.05, 3.63) is 12.2 Å². The summed E-state index contributed by atoms with van der Waals surface area (Å²) in [4.78, 5) is 22.6. The molecule has 0 aliphatic carbocycles. The number of alkyl halides is 5. The number of esters is 2. The number of carbonyl (C=O) groups is 2. The molecule has 0 aromatic carbocycles. The summed E-state index contributed by atoms with van der Waals surface area (Å²) in [5, 5.41) is 0. The molecule has 4 nitrogen and oxygen atoms in total. The molecule has 23 heavy (non-hydrogen) atoms. The topological polar surface area (TPSA) is 52.6 Å². The summed E-state index contributed by atoms with van der Waals surface area (Å²) in [6, 6.07) is 0. The molecule has 0 heterocycles. The third-order valence-corrected chi connectivity index (χ3v) is 2.53. The first-order valence-corrected chi connectivity index (χ1v) is 6.80. The zero-order chi connectivity index (χ0) is 18.3. The molecule has 0 N–H and O–H groups in total. The molecular formula is C14H19F5O4. The first-order valence-electron chi connectivity index (χ1n) is 6.80. The summed E-state index contributed by atoms with van der Waals surface area (Å²) in [6.45, 7) is 5.60. The van der Waals surface area contributed by atoms with E-state index in [1.165, 1.54) is 0 Å². The summed E-state index contributed by atoms with van der Waals surface area (Å²) < 4.78 is 70.8. The summed E-state index contributed by atoms with van der Waals surface area (Å²) in [5.74, 6) is -5.81. The van der Waals surface area contributed by atoms with Crippen LogP contribution in [0.4, 0.5) is 22.0 Å². The van der Waals surface area contributed by atoms with Crippen molar-refractivity contribution < 1.29 is 41.0 Å². The third-order valence-electron chi connectivity index (χ3n) is 2.53. The van der Waals surface area contributed by atoms with Crippen LogP contribution in [-0.4, -0.2) is 37.3 Å². The average molecular weight is 346 g/mol. The van der Waals surface area contributed by atoms with Crippen molar-refractivity contribution in [1.82, 2.24) is 0 Å². The van der Waals surface area contributed by atoms with Gasteiger partial charge in [-0.2, -0.15) is 13.2 Å². The summed E-state index contributed by atoms with van der Waals surface area (Å²) in [6.07, 6.45) is -8.68. The molecule has 0 aromatic rings. The zero-order valence-electron chi connectivity index (χ0n) is 12.8. The van der Waals surface area contributed by atoms with Gasteiger partial charge in [-0.05, 0) is 6.42 Å². The minimum Gasteiger partial charge on any atom is -0.462 e. The van der Waals surface area contributed by atoms with Gasteiger partial charge in [0.25, 0.3) is 5.92 Å². The lowest BCUT2D eigenvalue weighted by Gasteiger charge is -2.17. The van der Waals surface area contributed by atoms with Crippen molar-refractivity contribution in [3.8, 4) is 0 Å². The fourth-order valence-electron chi connectivity index (χ4n) is 1.36. The van der Waals surface area contributed by atoms with Gasteiger partial charge in [0.1, 0.15) is 13.0 Å². The van der Waals surface area contributed by atoms with Crippen LogP contribution in [0.5, 0.6) is 0 Å². The van der Waals surface area contributed by atoms with Gasteiger partial charge in [0, 0.05) is 6.42 Å². The first-order chi connectivity index (χ1) is 10.3. The minimum absolute atomic E-state index is 0.193. The smallest absolute Gasteiger partial charge is 0.394 e. The van der Waals surface area contributed by atoms with Crippen LogP contribution in [0, 0.1) is 5.92 Å². The van der Waals surface area contributed by atoms with Crippen LogP contribution in [-0.2, 0) is 19.1 Å². The predicted octanol–water partition coefficient (Wildman–Crippen LogP) is 3.65. The minimum atomic E-state index is -4.96. The molecule has 0 unspecified atom stereocenters. The predicted molar refractivity (Wildman–Crippen MR) is 70.7 cm³/mol. The monoisotopic (exact) mass is 346 g/mol. The van der Waals surface area contributed by atoms with Gasteiger partial charge in [0.2, 0.25) is 0 Å². The Kier molecular flexibility index (Phi) is 8.19. The maximum Gasteiger partial charge on any atom is 0.394 e. The number of hydrogen-bond acceptors (Lipinski definition) is 4. The fourth-order valence-corrected chi connectivity index (χ4v) is 1.36. The molecular weight excluding hydrogens is 327 g/mol. The largest absolute Gasteiger partial charge is 0.462 e. The normalized spacial score (nSPS) is 12.2. The molecule has 0 rings (SSSR count). The van der Waals surface area contributed by atoms with E-state index in [0.29, 0.717) is 0 Å². The highest BCUT2D eigenvalue weighted by Crippen LogP contribution is 2.34. The Labute approximate surface area is 130 Å². The van der Waals surface area contributed by atoms with Gasteiger partial charge < -0.3 is 9.47 Å². The molecule has 0 spiro atoms. The number of ether oxygens (including phenoxy) is 2. The van der Waals surface area contributed by atoms with Gasteiger partial charge in [0.15, 0.2) is 0 Å². The van der Waals surface area contributed by atoms with Crippen molar-refractivity contribution >= 4 is 11.9 Å². The quantitative estimate of drug-likeness (QED) is 0.277. The Hall–Kier alpha value is -1.67. The van der Waals surface area contributed by atoms with Crippen molar-refractivity contribution in [3.63, 3.8) is 0 Å². The van der Waals surface area contributed by atoms with Crippen molar-refractivity contribution in [2.45, 2.75) is 45.2 Å². The molecule has 134 valence electrons. The van der Waals surface area contributed by atoms with Crippen molar-refractivity contribution in [2.24, 2.45) is 5.92 Å². The molecule has 0 amide bonds. The highest BCUT2D eigenvalue weighted by Gasteiger charge is 2.42. The van der Waals surface area contributed by atoms with E-state index in [2.05, 4.69) is 11.3 Å². The molecule has 0 aromatic heterocycles. The van der Waals surface area contributed by atoms with E-state index in [0.717, 1.165) is 0 Å². The van der Waals surface area contributed by atoms with E-state index in [1.807, 2.05) is 0 Å². The number of carbonyl (C=O) groups excluding carboxylic acids is 2. The SMILES string of the molecule is C=C(COC(=O)C(C)C)C(=O)OCCCC(F)(F)CC(F)(F)F. The maximum atomic E-state index is 13.0. The number of halogens is 5. The molecule has 0 radical (unpaired) electrons. The van der Waals surface area contributed by atoms with Crippen LogP contribution >= 0.6 is 0 Å². The first kappa shape index (κ1) is 21.3. The second-order valence-electron chi connectivity index (χ2n) is 5.25. The second-order valence-corrected chi connectivity index (χ2v) is 5.25. The van der Waals surface area contributed by atoms with Crippen molar-refractivity contribution in [2.75, 3.05) is 13.2 Å². The molecule has 0 atom stereocenters. The van der Waals surface area contributed by atoms with Crippen LogP contribution in [0.15, 0.2) is 12.2 Å². The lowest BCUT2D eigenvalue weighted by molar-refractivity contribution is -0.190. The van der Waals surface area contributed by atoms with Gasteiger partial charge in [-0.1, -0.05) is 20.4 Å². The van der Waals surface area contributed by atoms with Crippen LogP contribution < -0.4 is 0 Å². The second kappa shape index (κ2) is 8.83.